The number of benzene rings is 2. The summed E-state index contributed by atoms with van der Waals surface area (Å²) in [6.45, 7) is 5.43. The van der Waals surface area contributed by atoms with Gasteiger partial charge in [0.25, 0.3) is 0 Å². The third-order valence-corrected chi connectivity index (χ3v) is 4.92. The zero-order valence-electron chi connectivity index (χ0n) is 15.1. The molecule has 1 aliphatic rings. The van der Waals surface area contributed by atoms with Gasteiger partial charge in [0, 0.05) is 28.7 Å². The van der Waals surface area contributed by atoms with E-state index in [0.717, 1.165) is 5.56 Å². The van der Waals surface area contributed by atoms with E-state index in [4.69, 9.17) is 5.26 Å². The van der Waals surface area contributed by atoms with Gasteiger partial charge >= 0.3 is 0 Å². The summed E-state index contributed by atoms with van der Waals surface area (Å²) in [5.74, 6) is -0.296. The molecule has 5 heteroatoms. The maximum Gasteiger partial charge on any atom is 0.194 e. The van der Waals surface area contributed by atoms with E-state index in [0.29, 0.717) is 40.7 Å². The van der Waals surface area contributed by atoms with Crippen LogP contribution < -0.4 is 0 Å². The van der Waals surface area contributed by atoms with Crippen LogP contribution in [0.25, 0.3) is 0 Å². The number of carbonyl (C=O) groups is 2. The van der Waals surface area contributed by atoms with E-state index in [1.54, 1.807) is 43.3 Å². The molecule has 3 rings (SSSR count). The van der Waals surface area contributed by atoms with E-state index in [-0.39, 0.29) is 18.0 Å². The maximum atomic E-state index is 12.7. The second-order valence-electron chi connectivity index (χ2n) is 6.95. The topological polar surface area (TPSA) is 83.8 Å². The molecule has 2 aromatic carbocycles. The summed E-state index contributed by atoms with van der Waals surface area (Å²) >= 11 is 0. The van der Waals surface area contributed by atoms with Crippen molar-refractivity contribution in [1.29, 1.82) is 0 Å². The van der Waals surface area contributed by atoms with Gasteiger partial charge in [-0.25, -0.2) is 4.89 Å². The number of aliphatic hydroxyl groups excluding tert-OH is 1. The van der Waals surface area contributed by atoms with Crippen LogP contribution in [0, 0.1) is 0 Å². The van der Waals surface area contributed by atoms with Crippen LogP contribution in [-0.4, -0.2) is 34.1 Å². The summed E-state index contributed by atoms with van der Waals surface area (Å²) in [5.41, 5.74) is 3.19. The Morgan fingerprint density at radius 2 is 1.63 bits per heavy atom. The fraction of sp³-hybridized carbons (Fsp3) is 0.273. The normalized spacial score (nSPS) is 15.1. The number of hydrogen-bond acceptors (Lipinski definition) is 5. The lowest BCUT2D eigenvalue weighted by molar-refractivity contribution is -0.272. The highest BCUT2D eigenvalue weighted by Gasteiger charge is 2.29. The predicted molar refractivity (Wildman–Crippen MR) is 101 cm³/mol. The molecule has 140 valence electrons. The van der Waals surface area contributed by atoms with E-state index >= 15 is 0 Å². The molecule has 2 N–H and O–H groups in total. The summed E-state index contributed by atoms with van der Waals surface area (Å²) in [4.78, 5) is 29.7. The van der Waals surface area contributed by atoms with Crippen molar-refractivity contribution in [1.82, 2.24) is 0 Å². The highest BCUT2D eigenvalue weighted by atomic mass is 17.1. The van der Waals surface area contributed by atoms with Gasteiger partial charge in [-0.3, -0.25) is 14.8 Å². The number of aliphatic hydroxyl groups is 1. The Bertz CT molecular complexity index is 899. The lowest BCUT2D eigenvalue weighted by Gasteiger charge is -2.19. The van der Waals surface area contributed by atoms with Crippen molar-refractivity contribution in [2.45, 2.75) is 38.4 Å². The Kier molecular flexibility index (Phi) is 5.65. The molecule has 2 aromatic rings. The van der Waals surface area contributed by atoms with Crippen molar-refractivity contribution in [3.63, 3.8) is 0 Å². The minimum Gasteiger partial charge on any atom is -0.393 e. The fourth-order valence-corrected chi connectivity index (χ4v) is 3.33. The summed E-state index contributed by atoms with van der Waals surface area (Å²) in [7, 11) is 0. The van der Waals surface area contributed by atoms with Crippen molar-refractivity contribution in [3.05, 3.63) is 82.4 Å². The van der Waals surface area contributed by atoms with Crippen LogP contribution in [-0.2, 0) is 11.3 Å². The summed E-state index contributed by atoms with van der Waals surface area (Å²) in [6, 6.07) is 12.1. The molecule has 0 amide bonds. The Morgan fingerprint density at radius 3 is 2.22 bits per heavy atom. The zero-order valence-corrected chi connectivity index (χ0v) is 15.1. The van der Waals surface area contributed by atoms with Crippen LogP contribution in [0.1, 0.15) is 57.2 Å². The lowest BCUT2D eigenvalue weighted by Crippen LogP contribution is -2.22. The van der Waals surface area contributed by atoms with E-state index in [1.807, 2.05) is 6.07 Å². The van der Waals surface area contributed by atoms with Crippen LogP contribution in [0.2, 0.25) is 0 Å². The zero-order chi connectivity index (χ0) is 19.6. The Morgan fingerprint density at radius 1 is 1.04 bits per heavy atom. The molecule has 0 aromatic heterocycles. The molecular weight excluding hydrogens is 344 g/mol. The maximum absolute atomic E-state index is 12.7. The second kappa shape index (κ2) is 7.96. The average Bonchev–Trinajstić information content (AvgIpc) is 2.68. The number of carbonyl (C=O) groups excluding carboxylic acids is 2. The molecule has 2 atom stereocenters. The minimum absolute atomic E-state index is 0.142. The molecule has 1 aliphatic carbocycles. The average molecular weight is 366 g/mol. The smallest absolute Gasteiger partial charge is 0.194 e. The fourth-order valence-electron chi connectivity index (χ4n) is 3.33. The molecule has 0 fully saturated rings. The second-order valence-corrected chi connectivity index (χ2v) is 6.95. The molecule has 27 heavy (non-hydrogen) atoms. The van der Waals surface area contributed by atoms with Gasteiger partial charge in [-0.2, -0.15) is 0 Å². The quantitative estimate of drug-likeness (QED) is 0.379. The van der Waals surface area contributed by atoms with Crippen molar-refractivity contribution >= 4 is 11.6 Å². The molecule has 5 nitrogen and oxygen atoms in total. The van der Waals surface area contributed by atoms with E-state index in [2.05, 4.69) is 11.5 Å². The number of aryl methyl sites for hydroxylation is 1. The van der Waals surface area contributed by atoms with Gasteiger partial charge in [0.05, 0.1) is 6.10 Å². The van der Waals surface area contributed by atoms with Gasteiger partial charge in [-0.15, -0.1) is 0 Å². The molecule has 0 spiro atoms. The monoisotopic (exact) mass is 366 g/mol. The third kappa shape index (κ3) is 3.90. The van der Waals surface area contributed by atoms with Gasteiger partial charge in [-0.05, 0) is 37.0 Å². The molecule has 0 bridgehead atoms. The first kappa shape index (κ1) is 19.2. The van der Waals surface area contributed by atoms with Crippen LogP contribution in [0.4, 0.5) is 0 Å². The molecular formula is C22H22O5. The first-order valence-corrected chi connectivity index (χ1v) is 8.87. The van der Waals surface area contributed by atoms with E-state index in [1.165, 1.54) is 0 Å². The van der Waals surface area contributed by atoms with Gasteiger partial charge in [0.2, 0.25) is 0 Å². The van der Waals surface area contributed by atoms with Crippen LogP contribution in [0.5, 0.6) is 0 Å². The number of hydrogen-bond donors (Lipinski definition) is 2. The molecule has 0 saturated carbocycles. The summed E-state index contributed by atoms with van der Waals surface area (Å²) in [5, 5.41) is 19.0. The van der Waals surface area contributed by atoms with Crippen molar-refractivity contribution < 1.29 is 24.8 Å². The van der Waals surface area contributed by atoms with Crippen molar-refractivity contribution in [3.8, 4) is 0 Å². The third-order valence-electron chi connectivity index (χ3n) is 4.92. The van der Waals surface area contributed by atoms with Crippen LogP contribution in [0.3, 0.4) is 0 Å². The lowest BCUT2D eigenvalue weighted by atomic mass is 9.83. The number of ketones is 2. The first-order valence-electron chi connectivity index (χ1n) is 8.87. The molecule has 0 saturated heterocycles. The minimum atomic E-state index is -0.687. The van der Waals surface area contributed by atoms with Crippen LogP contribution >= 0.6 is 0 Å². The number of rotatable bonds is 7. The van der Waals surface area contributed by atoms with Gasteiger partial charge in [-0.1, -0.05) is 43.0 Å². The standard InChI is InChI=1S/C22H22O5/c1-13(2)20(27-26)12-15(23)9-7-14-8-10-18-19(11-14)22(25)17-6-4-3-5-16(17)21(18)24/h3-6,8,10-11,15,20,23,26H,1,7,9,12H2,2H3. The Labute approximate surface area is 157 Å². The summed E-state index contributed by atoms with van der Waals surface area (Å²) in [6.07, 6.45) is -0.0924. The largest absolute Gasteiger partial charge is 0.393 e. The molecule has 0 heterocycles. The van der Waals surface area contributed by atoms with Crippen LogP contribution in [0.15, 0.2) is 54.6 Å². The SMILES string of the molecule is C=C(C)C(CC(O)CCc1ccc2c(c1)C(=O)c1ccccc1C2=O)OO. The Balaban J connectivity index is 1.74. The molecule has 2 unspecified atom stereocenters. The Hall–Kier alpha value is -2.60. The van der Waals surface area contributed by atoms with Crippen molar-refractivity contribution in [2.24, 2.45) is 0 Å². The predicted octanol–water partition coefficient (Wildman–Crippen LogP) is 3.58. The number of fused-ring (bicyclic) bond motifs is 2. The van der Waals surface area contributed by atoms with E-state index < -0.39 is 12.2 Å². The highest BCUT2D eigenvalue weighted by molar-refractivity contribution is 6.28. The molecule has 0 radical (unpaired) electrons. The van der Waals surface area contributed by atoms with Crippen molar-refractivity contribution in [2.75, 3.05) is 0 Å². The molecule has 0 aliphatic heterocycles. The highest BCUT2D eigenvalue weighted by Crippen LogP contribution is 2.28. The van der Waals surface area contributed by atoms with Gasteiger partial charge in [0.1, 0.15) is 6.10 Å². The van der Waals surface area contributed by atoms with Gasteiger partial charge < -0.3 is 5.11 Å². The first-order chi connectivity index (χ1) is 12.9. The van der Waals surface area contributed by atoms with E-state index in [9.17, 15) is 14.7 Å². The summed E-state index contributed by atoms with van der Waals surface area (Å²) < 4.78 is 0. The van der Waals surface area contributed by atoms with Gasteiger partial charge in [0.15, 0.2) is 11.6 Å².